The fraction of sp³-hybridized carbons (Fsp3) is 0.684. The summed E-state index contributed by atoms with van der Waals surface area (Å²) in [6.07, 6.45) is 5.09. The lowest BCUT2D eigenvalue weighted by Gasteiger charge is -2.20. The zero-order valence-corrected chi connectivity index (χ0v) is 14.3. The lowest BCUT2D eigenvalue weighted by Crippen LogP contribution is -2.36. The second-order valence-electron chi connectivity index (χ2n) is 7.93. The highest BCUT2D eigenvalue weighted by atomic mass is 14.9. The van der Waals surface area contributed by atoms with Gasteiger partial charge in [-0.25, -0.2) is 0 Å². The molecule has 0 bridgehead atoms. The minimum Gasteiger partial charge on any atom is -0.312 e. The molecular weight excluding hydrogens is 242 g/mol. The smallest absolute Gasteiger partial charge is 0.00965 e. The van der Waals surface area contributed by atoms with Gasteiger partial charge in [0.2, 0.25) is 0 Å². The topological polar surface area (TPSA) is 12.0 Å². The molecule has 0 aliphatic carbocycles. The number of benzene rings is 1. The lowest BCUT2D eigenvalue weighted by molar-refractivity contribution is 0.417. The van der Waals surface area contributed by atoms with Crippen LogP contribution in [0.2, 0.25) is 0 Å². The van der Waals surface area contributed by atoms with Crippen LogP contribution in [-0.4, -0.2) is 12.1 Å². The predicted molar refractivity (Wildman–Crippen MR) is 90.5 cm³/mol. The normalized spacial score (nSPS) is 12.7. The Balaban J connectivity index is 2.23. The maximum absolute atomic E-state index is 3.54. The van der Waals surface area contributed by atoms with Gasteiger partial charge in [0.25, 0.3) is 0 Å². The SMILES string of the molecule is CC(C)(C)NCCCCCc1ccc(C(C)(C)C)cc1. The first-order chi connectivity index (χ1) is 9.18. The first-order valence-corrected chi connectivity index (χ1v) is 8.03. The summed E-state index contributed by atoms with van der Waals surface area (Å²) < 4.78 is 0. The summed E-state index contributed by atoms with van der Waals surface area (Å²) in [4.78, 5) is 0. The molecule has 0 heterocycles. The fourth-order valence-corrected chi connectivity index (χ4v) is 2.27. The summed E-state index contributed by atoms with van der Waals surface area (Å²) in [5, 5.41) is 3.54. The maximum atomic E-state index is 3.54. The molecule has 114 valence electrons. The van der Waals surface area contributed by atoms with Gasteiger partial charge in [-0.3, -0.25) is 0 Å². The summed E-state index contributed by atoms with van der Waals surface area (Å²) in [6.45, 7) is 14.6. The van der Waals surface area contributed by atoms with Crippen molar-refractivity contribution in [3.05, 3.63) is 35.4 Å². The van der Waals surface area contributed by atoms with E-state index in [0.717, 1.165) is 6.54 Å². The molecule has 0 saturated heterocycles. The van der Waals surface area contributed by atoms with E-state index in [0.29, 0.717) is 0 Å². The van der Waals surface area contributed by atoms with Crippen molar-refractivity contribution in [2.75, 3.05) is 6.54 Å². The molecular formula is C19H33N. The second-order valence-corrected chi connectivity index (χ2v) is 7.93. The second kappa shape index (κ2) is 7.26. The Morgan fingerprint density at radius 1 is 0.800 bits per heavy atom. The first kappa shape index (κ1) is 17.2. The monoisotopic (exact) mass is 275 g/mol. The van der Waals surface area contributed by atoms with E-state index in [9.17, 15) is 0 Å². The summed E-state index contributed by atoms with van der Waals surface area (Å²) >= 11 is 0. The van der Waals surface area contributed by atoms with Crippen molar-refractivity contribution in [3.8, 4) is 0 Å². The van der Waals surface area contributed by atoms with Crippen molar-refractivity contribution >= 4 is 0 Å². The molecule has 0 aliphatic heterocycles. The van der Waals surface area contributed by atoms with E-state index in [1.165, 1.54) is 36.8 Å². The average Bonchev–Trinajstić information content (AvgIpc) is 2.32. The molecule has 1 rings (SSSR count). The Morgan fingerprint density at radius 3 is 1.90 bits per heavy atom. The molecule has 1 N–H and O–H groups in total. The first-order valence-electron chi connectivity index (χ1n) is 8.03. The van der Waals surface area contributed by atoms with Crippen LogP contribution in [-0.2, 0) is 11.8 Å². The van der Waals surface area contributed by atoms with Crippen LogP contribution in [0.4, 0.5) is 0 Å². The van der Waals surface area contributed by atoms with Gasteiger partial charge in [-0.2, -0.15) is 0 Å². The summed E-state index contributed by atoms with van der Waals surface area (Å²) in [5.41, 5.74) is 3.41. The van der Waals surface area contributed by atoms with Crippen LogP contribution >= 0.6 is 0 Å². The molecule has 0 fully saturated rings. The van der Waals surface area contributed by atoms with Crippen LogP contribution in [0.25, 0.3) is 0 Å². The third kappa shape index (κ3) is 7.09. The Morgan fingerprint density at radius 2 is 1.40 bits per heavy atom. The zero-order chi connectivity index (χ0) is 15.2. The number of unbranched alkanes of at least 4 members (excludes halogenated alkanes) is 2. The van der Waals surface area contributed by atoms with E-state index in [1.807, 2.05) is 0 Å². The van der Waals surface area contributed by atoms with Crippen molar-refractivity contribution < 1.29 is 0 Å². The summed E-state index contributed by atoms with van der Waals surface area (Å²) in [6, 6.07) is 9.18. The highest BCUT2D eigenvalue weighted by Crippen LogP contribution is 2.22. The molecule has 0 atom stereocenters. The van der Waals surface area contributed by atoms with E-state index < -0.39 is 0 Å². The van der Waals surface area contributed by atoms with Crippen LogP contribution in [0.1, 0.15) is 71.9 Å². The molecule has 0 saturated carbocycles. The van der Waals surface area contributed by atoms with Gasteiger partial charge in [-0.15, -0.1) is 0 Å². The van der Waals surface area contributed by atoms with Gasteiger partial charge in [-0.05, 0) is 63.1 Å². The van der Waals surface area contributed by atoms with Crippen LogP contribution in [0.15, 0.2) is 24.3 Å². The highest BCUT2D eigenvalue weighted by molar-refractivity contribution is 5.27. The number of hydrogen-bond donors (Lipinski definition) is 1. The van der Waals surface area contributed by atoms with E-state index in [1.54, 1.807) is 0 Å². The molecule has 1 aromatic carbocycles. The number of aryl methyl sites for hydroxylation is 1. The molecule has 1 heteroatoms. The van der Waals surface area contributed by atoms with Crippen LogP contribution in [0.3, 0.4) is 0 Å². The molecule has 1 aromatic rings. The fourth-order valence-electron chi connectivity index (χ4n) is 2.27. The minimum absolute atomic E-state index is 0.253. The maximum Gasteiger partial charge on any atom is 0.00965 e. The molecule has 0 amide bonds. The molecule has 20 heavy (non-hydrogen) atoms. The number of nitrogens with one attached hydrogen (secondary N) is 1. The van der Waals surface area contributed by atoms with Crippen molar-refractivity contribution in [2.24, 2.45) is 0 Å². The predicted octanol–water partition coefficient (Wildman–Crippen LogP) is 5.09. The van der Waals surface area contributed by atoms with Gasteiger partial charge in [0, 0.05) is 5.54 Å². The molecule has 0 radical (unpaired) electrons. The number of rotatable bonds is 6. The van der Waals surface area contributed by atoms with Crippen LogP contribution in [0, 0.1) is 0 Å². The standard InChI is InChI=1S/C19H33N/c1-18(2,3)17-13-11-16(12-14-17)10-8-7-9-15-20-19(4,5)6/h11-14,20H,7-10,15H2,1-6H3. The molecule has 0 aromatic heterocycles. The Hall–Kier alpha value is -0.820. The van der Waals surface area contributed by atoms with Crippen molar-refractivity contribution in [1.29, 1.82) is 0 Å². The van der Waals surface area contributed by atoms with E-state index in [-0.39, 0.29) is 11.0 Å². The minimum atomic E-state index is 0.253. The Kier molecular flexibility index (Phi) is 6.26. The number of hydrogen-bond acceptors (Lipinski definition) is 1. The van der Waals surface area contributed by atoms with E-state index in [4.69, 9.17) is 0 Å². The third-order valence-corrected chi connectivity index (χ3v) is 3.62. The van der Waals surface area contributed by atoms with Gasteiger partial charge in [0.1, 0.15) is 0 Å². The molecule has 0 unspecified atom stereocenters. The zero-order valence-electron chi connectivity index (χ0n) is 14.3. The Labute approximate surface area is 126 Å². The van der Waals surface area contributed by atoms with Gasteiger partial charge in [0.15, 0.2) is 0 Å². The van der Waals surface area contributed by atoms with Crippen LogP contribution in [0.5, 0.6) is 0 Å². The molecule has 0 spiro atoms. The highest BCUT2D eigenvalue weighted by Gasteiger charge is 2.12. The Bertz CT molecular complexity index is 376. The van der Waals surface area contributed by atoms with Crippen LogP contribution < -0.4 is 5.32 Å². The largest absolute Gasteiger partial charge is 0.312 e. The van der Waals surface area contributed by atoms with Crippen molar-refractivity contribution in [1.82, 2.24) is 5.32 Å². The van der Waals surface area contributed by atoms with E-state index in [2.05, 4.69) is 71.1 Å². The van der Waals surface area contributed by atoms with Gasteiger partial charge < -0.3 is 5.32 Å². The molecule has 0 aliphatic rings. The van der Waals surface area contributed by atoms with E-state index >= 15 is 0 Å². The van der Waals surface area contributed by atoms with Crippen molar-refractivity contribution in [2.45, 2.75) is 78.2 Å². The van der Waals surface area contributed by atoms with Gasteiger partial charge in [0.05, 0.1) is 0 Å². The summed E-state index contributed by atoms with van der Waals surface area (Å²) in [5.74, 6) is 0. The lowest BCUT2D eigenvalue weighted by atomic mass is 9.86. The average molecular weight is 275 g/mol. The van der Waals surface area contributed by atoms with Crippen molar-refractivity contribution in [3.63, 3.8) is 0 Å². The van der Waals surface area contributed by atoms with Gasteiger partial charge in [-0.1, -0.05) is 51.5 Å². The molecule has 1 nitrogen and oxygen atoms in total. The summed E-state index contributed by atoms with van der Waals surface area (Å²) in [7, 11) is 0. The third-order valence-electron chi connectivity index (χ3n) is 3.62. The van der Waals surface area contributed by atoms with Gasteiger partial charge >= 0.3 is 0 Å². The quantitative estimate of drug-likeness (QED) is 0.713.